The van der Waals surface area contributed by atoms with Gasteiger partial charge in [0.2, 0.25) is 0 Å². The normalized spacial score (nSPS) is 17.0. The molecule has 2 aliphatic heterocycles. The van der Waals surface area contributed by atoms with E-state index in [9.17, 15) is 0 Å². The molecule has 0 fully saturated rings. The van der Waals surface area contributed by atoms with Gasteiger partial charge in [-0.05, 0) is 79.4 Å². The van der Waals surface area contributed by atoms with Gasteiger partial charge in [0.05, 0.1) is 22.1 Å². The lowest BCUT2D eigenvalue weighted by Crippen LogP contribution is -2.35. The Bertz CT molecular complexity index is 3520. The molecule has 13 rings (SSSR count). The van der Waals surface area contributed by atoms with Gasteiger partial charge < -0.3 is 9.47 Å². The first-order valence-electron chi connectivity index (χ1n) is 21.8. The Balaban J connectivity index is 1.01. The molecule has 10 aromatic rings. The molecule has 3 heterocycles. The number of nitrogens with zero attached hydrogens (tertiary/aromatic N) is 4. The summed E-state index contributed by atoms with van der Waals surface area (Å²) in [6.07, 6.45) is -0.316. The van der Waals surface area contributed by atoms with E-state index >= 15 is 0 Å². The predicted octanol–water partition coefficient (Wildman–Crippen LogP) is 13.6. The quantitative estimate of drug-likeness (QED) is 0.171. The first-order valence-corrected chi connectivity index (χ1v) is 21.8. The number of aromatic nitrogens is 1. The van der Waals surface area contributed by atoms with E-state index in [4.69, 9.17) is 9.98 Å². The van der Waals surface area contributed by atoms with Crippen molar-refractivity contribution in [1.29, 1.82) is 0 Å². The molecule has 0 bridgehead atoms. The minimum Gasteiger partial charge on any atom is -0.333 e. The molecule has 4 nitrogen and oxygen atoms in total. The molecule has 0 N–H and O–H groups in total. The summed E-state index contributed by atoms with van der Waals surface area (Å²) in [5, 5.41) is 2.55. The van der Waals surface area contributed by atoms with Crippen LogP contribution in [0.2, 0.25) is 0 Å². The van der Waals surface area contributed by atoms with E-state index in [1.165, 1.54) is 72.0 Å². The van der Waals surface area contributed by atoms with Gasteiger partial charge in [-0.3, -0.25) is 0 Å². The maximum Gasteiger partial charge on any atom is 0.159 e. The second-order valence-corrected chi connectivity index (χ2v) is 16.9. The van der Waals surface area contributed by atoms with Crippen molar-refractivity contribution in [2.75, 3.05) is 7.05 Å². The third-order valence-corrected chi connectivity index (χ3v) is 13.6. The first-order chi connectivity index (χ1) is 31.2. The highest BCUT2D eigenvalue weighted by Crippen LogP contribution is 2.62. The Morgan fingerprint density at radius 1 is 0.444 bits per heavy atom. The van der Waals surface area contributed by atoms with Crippen LogP contribution in [-0.4, -0.2) is 28.2 Å². The number of amidine groups is 2. The largest absolute Gasteiger partial charge is 0.333 e. The molecule has 0 saturated carbocycles. The average molecular weight is 805 g/mol. The predicted molar refractivity (Wildman–Crippen MR) is 259 cm³/mol. The number of benzene rings is 9. The Morgan fingerprint density at radius 2 is 1.03 bits per heavy atom. The monoisotopic (exact) mass is 804 g/mol. The highest BCUT2D eigenvalue weighted by atomic mass is 15.3. The van der Waals surface area contributed by atoms with Crippen LogP contribution < -0.4 is 0 Å². The minimum atomic E-state index is -0.564. The number of rotatable bonds is 5. The molecule has 2 atom stereocenters. The maximum atomic E-state index is 5.46. The molecule has 1 aliphatic carbocycles. The van der Waals surface area contributed by atoms with Gasteiger partial charge in [-0.2, -0.15) is 0 Å². The maximum absolute atomic E-state index is 5.46. The van der Waals surface area contributed by atoms with Gasteiger partial charge in [-0.25, -0.2) is 9.98 Å². The number of aliphatic imine (C=N–C) groups is 2. The van der Waals surface area contributed by atoms with Gasteiger partial charge in [-0.15, -0.1) is 0 Å². The summed E-state index contributed by atoms with van der Waals surface area (Å²) in [5.41, 5.74) is 18.9. The van der Waals surface area contributed by atoms with E-state index in [1.807, 2.05) is 0 Å². The van der Waals surface area contributed by atoms with Crippen LogP contribution in [-0.2, 0) is 5.41 Å². The minimum absolute atomic E-state index is 0.316. The molecule has 0 radical (unpaired) electrons. The highest BCUT2D eigenvalue weighted by Gasteiger charge is 2.52. The molecular weight excluding hydrogens is 765 g/mol. The van der Waals surface area contributed by atoms with Crippen molar-refractivity contribution in [2.45, 2.75) is 11.6 Å². The van der Waals surface area contributed by atoms with Gasteiger partial charge in [-0.1, -0.05) is 200 Å². The van der Waals surface area contributed by atoms with E-state index in [1.54, 1.807) is 0 Å². The summed E-state index contributed by atoms with van der Waals surface area (Å²) in [7, 11) is 2.12. The van der Waals surface area contributed by atoms with Gasteiger partial charge in [0.15, 0.2) is 12.0 Å². The van der Waals surface area contributed by atoms with Gasteiger partial charge in [0.25, 0.3) is 0 Å². The fourth-order valence-electron chi connectivity index (χ4n) is 11.0. The number of fused-ring (bicyclic) bond motifs is 12. The first kappa shape index (κ1) is 35.7. The standard InChI is InChI=1S/C59H40N4/c1-62-57(41-19-6-3-7-20-41)60-56(40-35-33-39(34-36-40)38-17-4-2-5-18-38)61-58(62)43-22-14-21-42(37-43)44-25-15-26-47-45-23-8-10-28-49(45)59(54(44)47)50-29-11-13-32-53(50)63-52-31-12-9-24-46(52)48-27-16-30-51(59)55(48)63/h2-37,58H,1H3. The van der Waals surface area contributed by atoms with E-state index in [0.717, 1.165) is 39.5 Å². The van der Waals surface area contributed by atoms with Gasteiger partial charge >= 0.3 is 0 Å². The number of para-hydroxylation sites is 3. The molecule has 3 aliphatic rings. The van der Waals surface area contributed by atoms with Crippen molar-refractivity contribution in [3.05, 3.63) is 257 Å². The fraction of sp³-hybridized carbons (Fsp3) is 0.0508. The summed E-state index contributed by atoms with van der Waals surface area (Å²) in [6.45, 7) is 0. The number of hydrogen-bond acceptors (Lipinski definition) is 3. The van der Waals surface area contributed by atoms with Crippen molar-refractivity contribution < 1.29 is 0 Å². The number of hydrogen-bond donors (Lipinski definition) is 0. The van der Waals surface area contributed by atoms with Crippen LogP contribution in [0.15, 0.2) is 228 Å². The van der Waals surface area contributed by atoms with Crippen LogP contribution in [0.5, 0.6) is 0 Å². The van der Waals surface area contributed by atoms with E-state index in [2.05, 4.69) is 235 Å². The Kier molecular flexibility index (Phi) is 7.76. The van der Waals surface area contributed by atoms with Crippen LogP contribution in [0.3, 0.4) is 0 Å². The van der Waals surface area contributed by atoms with Crippen LogP contribution >= 0.6 is 0 Å². The Hall–Kier alpha value is -8.08. The fourth-order valence-corrected chi connectivity index (χ4v) is 11.0. The van der Waals surface area contributed by atoms with Crippen LogP contribution in [0.25, 0.3) is 60.9 Å². The Morgan fingerprint density at radius 3 is 1.87 bits per heavy atom. The van der Waals surface area contributed by atoms with Gasteiger partial charge in [0, 0.05) is 28.9 Å². The molecular formula is C59H40N4. The summed E-state index contributed by atoms with van der Waals surface area (Å²) in [4.78, 5) is 12.9. The Labute approximate surface area is 366 Å². The summed E-state index contributed by atoms with van der Waals surface area (Å²) < 4.78 is 2.51. The van der Waals surface area contributed by atoms with E-state index < -0.39 is 5.41 Å². The molecule has 0 saturated heterocycles. The zero-order valence-corrected chi connectivity index (χ0v) is 34.7. The second-order valence-electron chi connectivity index (χ2n) is 16.9. The van der Waals surface area contributed by atoms with Crippen molar-refractivity contribution >= 4 is 33.5 Å². The third kappa shape index (κ3) is 5.09. The second kappa shape index (κ2) is 13.7. The smallest absolute Gasteiger partial charge is 0.159 e. The SMILES string of the molecule is CN1C(c2ccccc2)=NC(c2ccc(-c3ccccc3)cc2)=NC1c1cccc(-c2cccc3c2C2(c4ccccc4-3)c3ccccc3-n3c4ccccc4c4cccc2c43)c1. The lowest BCUT2D eigenvalue weighted by molar-refractivity contribution is 0.383. The molecule has 1 spiro atoms. The van der Waals surface area contributed by atoms with Crippen LogP contribution in [0.1, 0.15) is 45.1 Å². The summed E-state index contributed by atoms with van der Waals surface area (Å²) in [5.74, 6) is 1.61. The van der Waals surface area contributed by atoms with Crippen molar-refractivity contribution in [2.24, 2.45) is 9.98 Å². The van der Waals surface area contributed by atoms with Crippen LogP contribution in [0.4, 0.5) is 0 Å². The average Bonchev–Trinajstić information content (AvgIpc) is 3.86. The summed E-state index contributed by atoms with van der Waals surface area (Å²) >= 11 is 0. The van der Waals surface area contributed by atoms with Crippen molar-refractivity contribution in [1.82, 2.24) is 9.47 Å². The molecule has 9 aromatic carbocycles. The lowest BCUT2D eigenvalue weighted by Gasteiger charge is -2.40. The molecule has 0 amide bonds. The topological polar surface area (TPSA) is 32.9 Å². The van der Waals surface area contributed by atoms with Crippen molar-refractivity contribution in [3.8, 4) is 39.1 Å². The molecule has 4 heteroatoms. The molecule has 2 unspecified atom stereocenters. The highest BCUT2D eigenvalue weighted by molar-refractivity contribution is 6.14. The summed E-state index contributed by atoms with van der Waals surface area (Å²) in [6, 6.07) is 79.6. The molecule has 296 valence electrons. The van der Waals surface area contributed by atoms with E-state index in [-0.39, 0.29) is 6.17 Å². The zero-order chi connectivity index (χ0) is 41.6. The molecule has 1 aromatic heterocycles. The zero-order valence-electron chi connectivity index (χ0n) is 34.7. The third-order valence-electron chi connectivity index (χ3n) is 13.6. The van der Waals surface area contributed by atoms with Crippen molar-refractivity contribution in [3.63, 3.8) is 0 Å². The van der Waals surface area contributed by atoms with E-state index in [0.29, 0.717) is 0 Å². The van der Waals surface area contributed by atoms with Gasteiger partial charge in [0.1, 0.15) is 5.84 Å². The lowest BCUT2D eigenvalue weighted by atomic mass is 9.64. The molecule has 63 heavy (non-hydrogen) atoms. The van der Waals surface area contributed by atoms with Crippen LogP contribution in [0, 0.1) is 0 Å².